The van der Waals surface area contributed by atoms with Crippen molar-refractivity contribution in [2.45, 2.75) is 11.4 Å². The Kier molecular flexibility index (Phi) is 5.21. The number of methoxy groups -OCH3 is 1. The van der Waals surface area contributed by atoms with Gasteiger partial charge >= 0.3 is 0 Å². The number of rotatable bonds is 6. The summed E-state index contributed by atoms with van der Waals surface area (Å²) in [5, 5.41) is 4.35. The van der Waals surface area contributed by atoms with E-state index in [1.54, 1.807) is 24.3 Å². The molecule has 0 aliphatic carbocycles. The third-order valence-corrected chi connectivity index (χ3v) is 5.07. The number of benzene rings is 2. The Morgan fingerprint density at radius 3 is 2.62 bits per heavy atom. The molecule has 0 saturated carbocycles. The van der Waals surface area contributed by atoms with Gasteiger partial charge in [0.15, 0.2) is 11.6 Å². The van der Waals surface area contributed by atoms with Crippen molar-refractivity contribution < 1.29 is 22.1 Å². The molecular weight excluding hydrogens is 385 g/mol. The molecule has 0 aliphatic heterocycles. The lowest BCUT2D eigenvalue weighted by Gasteiger charge is -2.06. The third-order valence-electron chi connectivity index (χ3n) is 3.42. The predicted octanol–water partition coefficient (Wildman–Crippen LogP) is 3.02. The highest BCUT2D eigenvalue weighted by atomic mass is 35.5. The van der Waals surface area contributed by atoms with Gasteiger partial charge in [0.05, 0.1) is 18.6 Å². The molecule has 136 valence electrons. The van der Waals surface area contributed by atoms with Crippen molar-refractivity contribution in [2.24, 2.45) is 0 Å². The number of hydrogen-bond acceptors (Lipinski definition) is 6. The fraction of sp³-hybridized carbons (Fsp3) is 0.125. The second-order valence-electron chi connectivity index (χ2n) is 5.14. The van der Waals surface area contributed by atoms with Crippen LogP contribution in [0.4, 0.5) is 4.39 Å². The second-order valence-corrected chi connectivity index (χ2v) is 7.34. The first kappa shape index (κ1) is 18.3. The molecule has 0 spiro atoms. The molecule has 0 amide bonds. The van der Waals surface area contributed by atoms with Crippen LogP contribution in [0.2, 0.25) is 5.02 Å². The second kappa shape index (κ2) is 7.40. The first-order chi connectivity index (χ1) is 12.4. The van der Waals surface area contributed by atoms with Crippen molar-refractivity contribution in [2.75, 3.05) is 7.11 Å². The van der Waals surface area contributed by atoms with Gasteiger partial charge in [-0.1, -0.05) is 16.8 Å². The minimum atomic E-state index is -3.96. The smallest absolute Gasteiger partial charge is 0.242 e. The standard InChI is InChI=1S/C16H13ClFN3O4S/c1-24-14-7-6-12(8-13(14)18)26(22,23)19-9-15-20-16(21-25-15)10-2-4-11(17)5-3-10/h2-8,19H,9H2,1H3. The number of sulfonamides is 1. The minimum Gasteiger partial charge on any atom is -0.494 e. The highest BCUT2D eigenvalue weighted by molar-refractivity contribution is 7.89. The Hall–Kier alpha value is -2.49. The zero-order valence-electron chi connectivity index (χ0n) is 13.4. The van der Waals surface area contributed by atoms with Gasteiger partial charge < -0.3 is 9.26 Å². The van der Waals surface area contributed by atoms with Gasteiger partial charge in [0.1, 0.15) is 0 Å². The molecule has 7 nitrogen and oxygen atoms in total. The van der Waals surface area contributed by atoms with E-state index in [-0.39, 0.29) is 23.1 Å². The molecule has 3 aromatic rings. The van der Waals surface area contributed by atoms with Crippen LogP contribution >= 0.6 is 11.6 Å². The number of ether oxygens (including phenoxy) is 1. The highest BCUT2D eigenvalue weighted by Gasteiger charge is 2.18. The van der Waals surface area contributed by atoms with Crippen molar-refractivity contribution in [3.8, 4) is 17.1 Å². The number of halogens is 2. The maximum atomic E-state index is 13.7. The summed E-state index contributed by atoms with van der Waals surface area (Å²) in [6.45, 7) is -0.240. The molecule has 0 fully saturated rings. The summed E-state index contributed by atoms with van der Waals surface area (Å²) in [7, 11) is -2.67. The maximum Gasteiger partial charge on any atom is 0.242 e. The first-order valence-corrected chi connectivity index (χ1v) is 9.17. The zero-order chi connectivity index (χ0) is 18.7. The third kappa shape index (κ3) is 4.01. The normalized spacial score (nSPS) is 11.5. The van der Waals surface area contributed by atoms with E-state index >= 15 is 0 Å². The molecule has 26 heavy (non-hydrogen) atoms. The SMILES string of the molecule is COc1ccc(S(=O)(=O)NCc2nc(-c3ccc(Cl)cc3)no2)cc1F. The van der Waals surface area contributed by atoms with Gasteiger partial charge in [0, 0.05) is 10.6 Å². The van der Waals surface area contributed by atoms with E-state index in [0.717, 1.165) is 6.07 Å². The van der Waals surface area contributed by atoms with Crippen molar-refractivity contribution >= 4 is 21.6 Å². The van der Waals surface area contributed by atoms with Crippen molar-refractivity contribution in [3.05, 3.63) is 59.2 Å². The van der Waals surface area contributed by atoms with Crippen molar-refractivity contribution in [1.82, 2.24) is 14.9 Å². The van der Waals surface area contributed by atoms with Crippen LogP contribution in [0.15, 0.2) is 51.9 Å². The van der Waals surface area contributed by atoms with Gasteiger partial charge in [-0.3, -0.25) is 0 Å². The van der Waals surface area contributed by atoms with E-state index in [1.165, 1.54) is 19.2 Å². The molecule has 0 radical (unpaired) electrons. The fourth-order valence-corrected chi connectivity index (χ4v) is 3.21. The Balaban J connectivity index is 1.72. The zero-order valence-corrected chi connectivity index (χ0v) is 15.0. The molecule has 1 aromatic heterocycles. The Morgan fingerprint density at radius 2 is 1.96 bits per heavy atom. The lowest BCUT2D eigenvalue weighted by atomic mass is 10.2. The predicted molar refractivity (Wildman–Crippen MR) is 91.7 cm³/mol. The van der Waals surface area contributed by atoms with Gasteiger partial charge in [-0.05, 0) is 42.5 Å². The van der Waals surface area contributed by atoms with E-state index in [9.17, 15) is 12.8 Å². The Labute approximate surface area is 153 Å². The molecule has 0 aliphatic rings. The Bertz CT molecular complexity index is 1020. The molecule has 0 atom stereocenters. The molecule has 2 aromatic carbocycles. The van der Waals surface area contributed by atoms with E-state index < -0.39 is 15.8 Å². The average molecular weight is 398 g/mol. The Morgan fingerprint density at radius 1 is 1.23 bits per heavy atom. The summed E-state index contributed by atoms with van der Waals surface area (Å²) < 4.78 is 50.3. The van der Waals surface area contributed by atoms with Crippen LogP contribution in [-0.2, 0) is 16.6 Å². The van der Waals surface area contributed by atoms with Crippen LogP contribution in [0.3, 0.4) is 0 Å². The summed E-state index contributed by atoms with van der Waals surface area (Å²) >= 11 is 5.82. The summed E-state index contributed by atoms with van der Waals surface area (Å²) in [6, 6.07) is 10.1. The fourth-order valence-electron chi connectivity index (χ4n) is 2.10. The van der Waals surface area contributed by atoms with Crippen LogP contribution in [0.1, 0.15) is 5.89 Å². The van der Waals surface area contributed by atoms with Crippen molar-refractivity contribution in [3.63, 3.8) is 0 Å². The van der Waals surface area contributed by atoms with Crippen LogP contribution in [0.5, 0.6) is 5.75 Å². The number of nitrogens with one attached hydrogen (secondary N) is 1. The van der Waals surface area contributed by atoms with E-state index in [4.69, 9.17) is 20.9 Å². The molecule has 1 heterocycles. The summed E-state index contributed by atoms with van der Waals surface area (Å²) in [4.78, 5) is 3.87. The molecule has 0 saturated heterocycles. The largest absolute Gasteiger partial charge is 0.494 e. The number of nitrogens with zero attached hydrogens (tertiary/aromatic N) is 2. The van der Waals surface area contributed by atoms with Crippen LogP contribution in [0.25, 0.3) is 11.4 Å². The van der Waals surface area contributed by atoms with Gasteiger partial charge in [0.2, 0.25) is 21.7 Å². The summed E-state index contributed by atoms with van der Waals surface area (Å²) in [6.07, 6.45) is 0. The summed E-state index contributed by atoms with van der Waals surface area (Å²) in [5.41, 5.74) is 0.671. The molecular formula is C16H13ClFN3O4S. The number of aromatic nitrogens is 2. The first-order valence-electron chi connectivity index (χ1n) is 7.31. The molecule has 0 bridgehead atoms. The lowest BCUT2D eigenvalue weighted by molar-refractivity contribution is 0.375. The quantitative estimate of drug-likeness (QED) is 0.687. The summed E-state index contributed by atoms with van der Waals surface area (Å²) in [5.74, 6) is -0.467. The van der Waals surface area contributed by atoms with Gasteiger partial charge in [-0.15, -0.1) is 0 Å². The van der Waals surface area contributed by atoms with Crippen LogP contribution < -0.4 is 9.46 Å². The van der Waals surface area contributed by atoms with E-state index in [1.807, 2.05) is 0 Å². The van der Waals surface area contributed by atoms with Gasteiger partial charge in [-0.25, -0.2) is 17.5 Å². The van der Waals surface area contributed by atoms with Crippen molar-refractivity contribution in [1.29, 1.82) is 0 Å². The van der Waals surface area contributed by atoms with Gasteiger partial charge in [-0.2, -0.15) is 4.98 Å². The molecule has 1 N–H and O–H groups in total. The van der Waals surface area contributed by atoms with E-state index in [0.29, 0.717) is 16.4 Å². The molecule has 10 heteroatoms. The van der Waals surface area contributed by atoms with Gasteiger partial charge in [0.25, 0.3) is 0 Å². The lowest BCUT2D eigenvalue weighted by Crippen LogP contribution is -2.23. The highest BCUT2D eigenvalue weighted by Crippen LogP contribution is 2.21. The topological polar surface area (TPSA) is 94.3 Å². The van der Waals surface area contributed by atoms with Crippen LogP contribution in [-0.4, -0.2) is 25.7 Å². The number of hydrogen-bond donors (Lipinski definition) is 1. The maximum absolute atomic E-state index is 13.7. The van der Waals surface area contributed by atoms with E-state index in [2.05, 4.69) is 14.9 Å². The molecule has 3 rings (SSSR count). The molecule has 0 unspecified atom stereocenters. The minimum absolute atomic E-state index is 0.0477. The van der Waals surface area contributed by atoms with Crippen LogP contribution in [0, 0.1) is 5.82 Å². The average Bonchev–Trinajstić information content (AvgIpc) is 3.10. The monoisotopic (exact) mass is 397 g/mol.